The molecule has 2 unspecified atom stereocenters. The number of nitrogens with zero attached hydrogens (tertiary/aromatic N) is 2. The number of aliphatic hydroxyl groups is 1. The lowest BCUT2D eigenvalue weighted by Gasteiger charge is -2.13. The van der Waals surface area contributed by atoms with Crippen LogP contribution < -0.4 is 0 Å². The summed E-state index contributed by atoms with van der Waals surface area (Å²) in [4.78, 5) is 0. The Morgan fingerprint density at radius 1 is 1.14 bits per heavy atom. The Morgan fingerprint density at radius 3 is 2.76 bits per heavy atom. The zero-order valence-corrected chi connectivity index (χ0v) is 12.0. The number of aliphatic hydroxyl groups excluding tert-OH is 1. The molecule has 1 N–H and O–H groups in total. The first-order chi connectivity index (χ1) is 10.2. The predicted octanol–water partition coefficient (Wildman–Crippen LogP) is 3.02. The third-order valence-corrected chi connectivity index (χ3v) is 4.59. The third-order valence-electron chi connectivity index (χ3n) is 4.59. The first-order valence-corrected chi connectivity index (χ1v) is 7.40. The summed E-state index contributed by atoms with van der Waals surface area (Å²) in [5.74, 6) is 0.223. The van der Waals surface area contributed by atoms with Gasteiger partial charge in [0.1, 0.15) is 0 Å². The molecule has 0 amide bonds. The van der Waals surface area contributed by atoms with Crippen molar-refractivity contribution < 1.29 is 5.11 Å². The lowest BCUT2D eigenvalue weighted by Crippen LogP contribution is -2.11. The van der Waals surface area contributed by atoms with E-state index in [4.69, 9.17) is 0 Å². The van der Waals surface area contributed by atoms with Gasteiger partial charge in [0.2, 0.25) is 0 Å². The van der Waals surface area contributed by atoms with Crippen molar-refractivity contribution in [2.45, 2.75) is 18.9 Å². The standard InChI is InChI=1S/C18H18N2O/c1-20-17-9-5-4-8-15(17)16(19-20)11-13-10-12-6-2-3-7-14(12)18(13)21/h2-9,13,18,21H,10-11H2,1H3. The monoisotopic (exact) mass is 278 g/mol. The number of hydrogen-bond donors (Lipinski definition) is 1. The van der Waals surface area contributed by atoms with Gasteiger partial charge in [0.25, 0.3) is 0 Å². The molecule has 3 heteroatoms. The number of aromatic nitrogens is 2. The van der Waals surface area contributed by atoms with Crippen LogP contribution in [0.5, 0.6) is 0 Å². The molecule has 0 saturated heterocycles. The number of fused-ring (bicyclic) bond motifs is 2. The number of para-hydroxylation sites is 1. The molecule has 1 aliphatic carbocycles. The molecular weight excluding hydrogens is 260 g/mol. The van der Waals surface area contributed by atoms with Crippen molar-refractivity contribution in [2.75, 3.05) is 0 Å². The zero-order valence-electron chi connectivity index (χ0n) is 12.0. The Hall–Kier alpha value is -2.13. The normalized spacial score (nSPS) is 20.9. The average Bonchev–Trinajstić information content (AvgIpc) is 2.99. The van der Waals surface area contributed by atoms with E-state index in [9.17, 15) is 5.11 Å². The number of benzene rings is 2. The smallest absolute Gasteiger partial charge is 0.0827 e. The van der Waals surface area contributed by atoms with Gasteiger partial charge in [-0.25, -0.2) is 0 Å². The van der Waals surface area contributed by atoms with E-state index < -0.39 is 0 Å². The fourth-order valence-corrected chi connectivity index (χ4v) is 3.53. The van der Waals surface area contributed by atoms with Crippen LogP contribution in [0.15, 0.2) is 48.5 Å². The summed E-state index contributed by atoms with van der Waals surface area (Å²) >= 11 is 0. The van der Waals surface area contributed by atoms with Gasteiger partial charge in [-0.15, -0.1) is 0 Å². The first-order valence-electron chi connectivity index (χ1n) is 7.40. The summed E-state index contributed by atoms with van der Waals surface area (Å²) in [5.41, 5.74) is 4.60. The van der Waals surface area contributed by atoms with Gasteiger partial charge >= 0.3 is 0 Å². The summed E-state index contributed by atoms with van der Waals surface area (Å²) in [6.07, 6.45) is 1.38. The minimum atomic E-state index is -0.373. The number of rotatable bonds is 2. The molecule has 0 spiro atoms. The topological polar surface area (TPSA) is 38.0 Å². The molecule has 2 atom stereocenters. The van der Waals surface area contributed by atoms with Crippen LogP contribution >= 0.6 is 0 Å². The minimum absolute atomic E-state index is 0.223. The Labute approximate surface area is 123 Å². The molecule has 106 valence electrons. The average molecular weight is 278 g/mol. The molecule has 0 bridgehead atoms. The van der Waals surface area contributed by atoms with Crippen molar-refractivity contribution in [3.63, 3.8) is 0 Å². The number of hydrogen-bond acceptors (Lipinski definition) is 2. The van der Waals surface area contributed by atoms with Crippen LogP contribution in [-0.2, 0) is 19.9 Å². The van der Waals surface area contributed by atoms with Gasteiger partial charge in [0.15, 0.2) is 0 Å². The van der Waals surface area contributed by atoms with Crippen molar-refractivity contribution in [3.8, 4) is 0 Å². The minimum Gasteiger partial charge on any atom is -0.388 e. The second kappa shape index (κ2) is 4.71. The molecular formula is C18H18N2O. The molecule has 1 aliphatic rings. The second-order valence-corrected chi connectivity index (χ2v) is 5.90. The van der Waals surface area contributed by atoms with Crippen LogP contribution in [0.25, 0.3) is 10.9 Å². The van der Waals surface area contributed by atoms with E-state index in [0.717, 1.165) is 29.6 Å². The van der Waals surface area contributed by atoms with Crippen LogP contribution in [0.4, 0.5) is 0 Å². The lowest BCUT2D eigenvalue weighted by atomic mass is 9.96. The molecule has 0 saturated carbocycles. The van der Waals surface area contributed by atoms with E-state index >= 15 is 0 Å². The van der Waals surface area contributed by atoms with Crippen molar-refractivity contribution in [1.29, 1.82) is 0 Å². The highest BCUT2D eigenvalue weighted by Gasteiger charge is 2.31. The lowest BCUT2D eigenvalue weighted by molar-refractivity contribution is 0.123. The summed E-state index contributed by atoms with van der Waals surface area (Å²) in [7, 11) is 1.98. The van der Waals surface area contributed by atoms with E-state index in [-0.39, 0.29) is 12.0 Å². The van der Waals surface area contributed by atoms with E-state index in [0.29, 0.717) is 0 Å². The van der Waals surface area contributed by atoms with Crippen LogP contribution in [-0.4, -0.2) is 14.9 Å². The van der Waals surface area contributed by atoms with Gasteiger partial charge in [-0.3, -0.25) is 4.68 Å². The molecule has 21 heavy (non-hydrogen) atoms. The molecule has 2 aromatic carbocycles. The highest BCUT2D eigenvalue weighted by atomic mass is 16.3. The summed E-state index contributed by atoms with van der Waals surface area (Å²) in [6, 6.07) is 16.5. The van der Waals surface area contributed by atoms with Crippen molar-refractivity contribution in [1.82, 2.24) is 9.78 Å². The molecule has 1 aromatic heterocycles. The maximum atomic E-state index is 10.5. The van der Waals surface area contributed by atoms with Crippen molar-refractivity contribution in [2.24, 2.45) is 13.0 Å². The second-order valence-electron chi connectivity index (χ2n) is 5.90. The zero-order chi connectivity index (χ0) is 14.4. The van der Waals surface area contributed by atoms with Crippen LogP contribution in [0.1, 0.15) is 22.9 Å². The molecule has 1 heterocycles. The third kappa shape index (κ3) is 1.96. The van der Waals surface area contributed by atoms with Crippen LogP contribution in [0.3, 0.4) is 0 Å². The maximum absolute atomic E-state index is 10.5. The van der Waals surface area contributed by atoms with Gasteiger partial charge in [0.05, 0.1) is 17.3 Å². The predicted molar refractivity (Wildman–Crippen MR) is 83.0 cm³/mol. The van der Waals surface area contributed by atoms with Crippen molar-refractivity contribution >= 4 is 10.9 Å². The van der Waals surface area contributed by atoms with Gasteiger partial charge < -0.3 is 5.11 Å². The molecule has 0 radical (unpaired) electrons. The molecule has 4 rings (SSSR count). The van der Waals surface area contributed by atoms with Gasteiger partial charge in [-0.1, -0.05) is 42.5 Å². The van der Waals surface area contributed by atoms with Crippen LogP contribution in [0, 0.1) is 5.92 Å². The van der Waals surface area contributed by atoms with E-state index in [1.165, 1.54) is 10.9 Å². The maximum Gasteiger partial charge on any atom is 0.0827 e. The summed E-state index contributed by atoms with van der Waals surface area (Å²) < 4.78 is 1.93. The SMILES string of the molecule is Cn1nc(CC2Cc3ccccc3C2O)c2ccccc21. The van der Waals surface area contributed by atoms with Gasteiger partial charge in [-0.05, 0) is 36.0 Å². The fraction of sp³-hybridized carbons (Fsp3) is 0.278. The molecule has 3 nitrogen and oxygen atoms in total. The Balaban J connectivity index is 1.68. The molecule has 0 fully saturated rings. The highest BCUT2D eigenvalue weighted by molar-refractivity contribution is 5.81. The first kappa shape index (κ1) is 12.6. The van der Waals surface area contributed by atoms with E-state index in [1.807, 2.05) is 42.1 Å². The molecule has 0 aliphatic heterocycles. The Morgan fingerprint density at radius 2 is 1.90 bits per heavy atom. The van der Waals surface area contributed by atoms with Crippen molar-refractivity contribution in [3.05, 3.63) is 65.4 Å². The van der Waals surface area contributed by atoms with E-state index in [2.05, 4.69) is 23.3 Å². The fourth-order valence-electron chi connectivity index (χ4n) is 3.53. The van der Waals surface area contributed by atoms with Crippen LogP contribution in [0.2, 0.25) is 0 Å². The molecule has 3 aromatic rings. The van der Waals surface area contributed by atoms with E-state index in [1.54, 1.807) is 0 Å². The Kier molecular flexibility index (Phi) is 2.82. The van der Waals surface area contributed by atoms with Gasteiger partial charge in [-0.2, -0.15) is 5.10 Å². The quantitative estimate of drug-likeness (QED) is 0.782. The Bertz CT molecular complexity index is 806. The summed E-state index contributed by atoms with van der Waals surface area (Å²) in [6.45, 7) is 0. The largest absolute Gasteiger partial charge is 0.388 e. The number of aryl methyl sites for hydroxylation is 1. The van der Waals surface area contributed by atoms with Gasteiger partial charge in [0, 0.05) is 12.4 Å². The highest BCUT2D eigenvalue weighted by Crippen LogP contribution is 2.38. The summed E-state index contributed by atoms with van der Waals surface area (Å²) in [5, 5.41) is 16.4.